The molecule has 116 valence electrons. The van der Waals surface area contributed by atoms with Crippen LogP contribution in [0, 0.1) is 29.6 Å². The van der Waals surface area contributed by atoms with Crippen molar-refractivity contribution in [1.29, 1.82) is 0 Å². The first-order chi connectivity index (χ1) is 10.1. The molecular weight excluding hydrogens is 266 g/mol. The third-order valence-corrected chi connectivity index (χ3v) is 6.79. The Balaban J connectivity index is 1.45. The molecule has 2 bridgehead atoms. The fourth-order valence-corrected chi connectivity index (χ4v) is 5.85. The molecule has 6 unspecified atom stereocenters. The highest BCUT2D eigenvalue weighted by Crippen LogP contribution is 2.50. The van der Waals surface area contributed by atoms with Gasteiger partial charge in [-0.15, -0.1) is 0 Å². The molecule has 0 radical (unpaired) electrons. The second-order valence-electron chi connectivity index (χ2n) is 7.82. The second kappa shape index (κ2) is 4.99. The average Bonchev–Trinajstić information content (AvgIpc) is 3.17. The molecular formula is C17H25NO3. The van der Waals surface area contributed by atoms with E-state index in [-0.39, 0.29) is 11.8 Å². The van der Waals surface area contributed by atoms with Gasteiger partial charge in [0.05, 0.1) is 0 Å². The molecule has 4 fully saturated rings. The number of carboxylic acid groups (broad SMARTS) is 1. The van der Waals surface area contributed by atoms with E-state index in [1.807, 2.05) is 0 Å². The second-order valence-corrected chi connectivity index (χ2v) is 7.82. The van der Waals surface area contributed by atoms with Gasteiger partial charge in [0.25, 0.3) is 0 Å². The summed E-state index contributed by atoms with van der Waals surface area (Å²) in [6.07, 6.45) is 8.97. The van der Waals surface area contributed by atoms with Gasteiger partial charge >= 0.3 is 5.97 Å². The standard InChI is InChI=1S/C17H25NO3/c19-15(8-13-7-10-4-5-11(13)6-10)18-9-12-2-1-3-14(12)16(18)17(20)21/h10-14,16H,1-9H2,(H,20,21). The van der Waals surface area contributed by atoms with Gasteiger partial charge in [-0.3, -0.25) is 4.79 Å². The zero-order valence-electron chi connectivity index (χ0n) is 12.5. The fraction of sp³-hybridized carbons (Fsp3) is 0.882. The Bertz CT molecular complexity index is 463. The summed E-state index contributed by atoms with van der Waals surface area (Å²) >= 11 is 0. The van der Waals surface area contributed by atoms with Crippen LogP contribution in [0.2, 0.25) is 0 Å². The first-order valence-electron chi connectivity index (χ1n) is 8.65. The van der Waals surface area contributed by atoms with Crippen LogP contribution in [-0.4, -0.2) is 34.5 Å². The Morgan fingerprint density at radius 1 is 1.05 bits per heavy atom. The molecule has 4 aliphatic rings. The third-order valence-electron chi connectivity index (χ3n) is 6.79. The van der Waals surface area contributed by atoms with Gasteiger partial charge < -0.3 is 10.0 Å². The van der Waals surface area contributed by atoms with Crippen molar-refractivity contribution < 1.29 is 14.7 Å². The van der Waals surface area contributed by atoms with Gasteiger partial charge in [0.1, 0.15) is 6.04 Å². The van der Waals surface area contributed by atoms with Crippen LogP contribution >= 0.6 is 0 Å². The lowest BCUT2D eigenvalue weighted by Gasteiger charge is -2.28. The molecule has 6 atom stereocenters. The van der Waals surface area contributed by atoms with Crippen LogP contribution in [0.15, 0.2) is 0 Å². The van der Waals surface area contributed by atoms with Gasteiger partial charge in [0.2, 0.25) is 5.91 Å². The summed E-state index contributed by atoms with van der Waals surface area (Å²) in [5, 5.41) is 9.55. The maximum Gasteiger partial charge on any atom is 0.326 e. The van der Waals surface area contributed by atoms with E-state index >= 15 is 0 Å². The van der Waals surface area contributed by atoms with Crippen LogP contribution in [0.1, 0.15) is 51.4 Å². The molecule has 1 N–H and O–H groups in total. The Hall–Kier alpha value is -1.06. The van der Waals surface area contributed by atoms with Crippen LogP contribution in [-0.2, 0) is 9.59 Å². The highest BCUT2D eigenvalue weighted by atomic mass is 16.4. The number of rotatable bonds is 3. The SMILES string of the molecule is O=C(O)C1C2CCCC2CN1C(=O)CC1CC2CCC1C2. The zero-order valence-corrected chi connectivity index (χ0v) is 12.5. The molecule has 21 heavy (non-hydrogen) atoms. The minimum Gasteiger partial charge on any atom is -0.480 e. The van der Waals surface area contributed by atoms with E-state index in [1.54, 1.807) is 4.90 Å². The van der Waals surface area contributed by atoms with Crippen LogP contribution < -0.4 is 0 Å². The van der Waals surface area contributed by atoms with Crippen molar-refractivity contribution >= 4 is 11.9 Å². The summed E-state index contributed by atoms with van der Waals surface area (Å²) in [5.41, 5.74) is 0. The van der Waals surface area contributed by atoms with Crippen LogP contribution in [0.3, 0.4) is 0 Å². The number of likely N-dealkylation sites (tertiary alicyclic amines) is 1. The minimum absolute atomic E-state index is 0.120. The number of amides is 1. The van der Waals surface area contributed by atoms with E-state index in [0.717, 1.165) is 31.1 Å². The van der Waals surface area contributed by atoms with E-state index < -0.39 is 12.0 Å². The lowest BCUT2D eigenvalue weighted by molar-refractivity contribution is -0.150. The molecule has 0 aromatic rings. The average molecular weight is 291 g/mol. The molecule has 3 saturated carbocycles. The first-order valence-corrected chi connectivity index (χ1v) is 8.65. The molecule has 1 heterocycles. The summed E-state index contributed by atoms with van der Waals surface area (Å²) in [6, 6.07) is -0.538. The molecule has 0 aromatic carbocycles. The first kappa shape index (κ1) is 13.6. The van der Waals surface area contributed by atoms with Gasteiger partial charge in [-0.1, -0.05) is 12.8 Å². The van der Waals surface area contributed by atoms with E-state index in [9.17, 15) is 14.7 Å². The number of nitrogens with zero attached hydrogens (tertiary/aromatic N) is 1. The highest BCUT2D eigenvalue weighted by molar-refractivity contribution is 5.85. The van der Waals surface area contributed by atoms with E-state index in [0.29, 0.717) is 24.8 Å². The van der Waals surface area contributed by atoms with Crippen molar-refractivity contribution in [2.24, 2.45) is 29.6 Å². The van der Waals surface area contributed by atoms with Crippen molar-refractivity contribution in [3.63, 3.8) is 0 Å². The van der Waals surface area contributed by atoms with Gasteiger partial charge in [0.15, 0.2) is 0 Å². The molecule has 0 aromatic heterocycles. The molecule has 3 aliphatic carbocycles. The largest absolute Gasteiger partial charge is 0.480 e. The summed E-state index contributed by atoms with van der Waals surface area (Å²) in [7, 11) is 0. The predicted octanol–water partition coefficient (Wildman–Crippen LogP) is 2.52. The van der Waals surface area contributed by atoms with Crippen molar-refractivity contribution in [2.45, 2.75) is 57.4 Å². The number of carbonyl (C=O) groups is 2. The maximum atomic E-state index is 12.7. The van der Waals surface area contributed by atoms with Crippen molar-refractivity contribution in [1.82, 2.24) is 4.90 Å². The third kappa shape index (κ3) is 2.18. The van der Waals surface area contributed by atoms with Crippen molar-refractivity contribution in [3.05, 3.63) is 0 Å². The smallest absolute Gasteiger partial charge is 0.326 e. The van der Waals surface area contributed by atoms with Crippen molar-refractivity contribution in [3.8, 4) is 0 Å². The number of carbonyl (C=O) groups excluding carboxylic acids is 1. The summed E-state index contributed by atoms with van der Waals surface area (Å²) in [5.74, 6) is 2.11. The Kier molecular flexibility index (Phi) is 3.23. The van der Waals surface area contributed by atoms with Gasteiger partial charge in [0, 0.05) is 13.0 Å². The lowest BCUT2D eigenvalue weighted by atomic mass is 9.86. The summed E-state index contributed by atoms with van der Waals surface area (Å²) in [6.45, 7) is 0.696. The Morgan fingerprint density at radius 3 is 2.57 bits per heavy atom. The van der Waals surface area contributed by atoms with E-state index in [1.165, 1.54) is 25.7 Å². The topological polar surface area (TPSA) is 57.6 Å². The Morgan fingerprint density at radius 2 is 1.90 bits per heavy atom. The monoisotopic (exact) mass is 291 g/mol. The molecule has 1 amide bonds. The lowest BCUT2D eigenvalue weighted by Crippen LogP contribution is -2.44. The normalized spacial score (nSPS) is 44.3. The number of carboxylic acids is 1. The molecule has 0 spiro atoms. The van der Waals surface area contributed by atoms with Gasteiger partial charge in [-0.05, 0) is 61.7 Å². The number of hydrogen-bond donors (Lipinski definition) is 1. The van der Waals surface area contributed by atoms with Crippen LogP contribution in [0.5, 0.6) is 0 Å². The molecule has 4 nitrogen and oxygen atoms in total. The van der Waals surface area contributed by atoms with E-state index in [4.69, 9.17) is 0 Å². The quantitative estimate of drug-likeness (QED) is 0.869. The number of aliphatic carboxylic acids is 1. The molecule has 1 saturated heterocycles. The molecule has 4 heteroatoms. The van der Waals surface area contributed by atoms with Gasteiger partial charge in [-0.25, -0.2) is 4.79 Å². The van der Waals surface area contributed by atoms with Gasteiger partial charge in [-0.2, -0.15) is 0 Å². The molecule has 1 aliphatic heterocycles. The van der Waals surface area contributed by atoms with E-state index in [2.05, 4.69) is 0 Å². The molecule has 4 rings (SSSR count). The Labute approximate surface area is 125 Å². The summed E-state index contributed by atoms with van der Waals surface area (Å²) < 4.78 is 0. The highest BCUT2D eigenvalue weighted by Gasteiger charge is 2.50. The fourth-order valence-electron chi connectivity index (χ4n) is 5.85. The maximum absolute atomic E-state index is 12.7. The number of fused-ring (bicyclic) bond motifs is 3. The zero-order chi connectivity index (χ0) is 14.6. The summed E-state index contributed by atoms with van der Waals surface area (Å²) in [4.78, 5) is 26.0. The minimum atomic E-state index is -0.786. The number of hydrogen-bond acceptors (Lipinski definition) is 2. The predicted molar refractivity (Wildman–Crippen MR) is 77.5 cm³/mol. The van der Waals surface area contributed by atoms with Crippen molar-refractivity contribution in [2.75, 3.05) is 6.54 Å². The van der Waals surface area contributed by atoms with Crippen LogP contribution in [0.4, 0.5) is 0 Å². The van der Waals surface area contributed by atoms with Crippen LogP contribution in [0.25, 0.3) is 0 Å².